The van der Waals surface area contributed by atoms with E-state index in [1.165, 1.54) is 0 Å². The average Bonchev–Trinajstić information content (AvgIpc) is 3.33. The zero-order valence-electron chi connectivity index (χ0n) is 18.1. The Morgan fingerprint density at radius 3 is 2.84 bits per heavy atom. The van der Waals surface area contributed by atoms with Crippen LogP contribution in [-0.2, 0) is 22.7 Å². The first kappa shape index (κ1) is 20.9. The minimum absolute atomic E-state index is 0.0886. The van der Waals surface area contributed by atoms with E-state index < -0.39 is 9.84 Å². The van der Waals surface area contributed by atoms with Gasteiger partial charge in [-0.3, -0.25) is 19.6 Å². The van der Waals surface area contributed by atoms with Gasteiger partial charge in [0.2, 0.25) is 0 Å². The van der Waals surface area contributed by atoms with Crippen molar-refractivity contribution < 1.29 is 13.2 Å². The summed E-state index contributed by atoms with van der Waals surface area (Å²) >= 11 is 0. The Hall–Kier alpha value is -3.01. The standard InChI is InChI=1S/C22H26N6O3S/c1-22(2)6-5-17-18(8-22)26-27-19(17)21(29)25-16-10-24-28(11-16)20(14-4-3-7-23-9-14)15-12-32(30,31)13-15/h3-4,7,9-11,15,20H,5-6,8,12-13H2,1-2H3,(H,25,29)(H,26,27). The second-order valence-corrected chi connectivity index (χ2v) is 11.8. The number of carbonyl (C=O) groups excluding carboxylic acids is 1. The van der Waals surface area contributed by atoms with E-state index in [4.69, 9.17) is 0 Å². The Kier molecular flexibility index (Phi) is 4.92. The van der Waals surface area contributed by atoms with Gasteiger partial charge in [0.05, 0.1) is 29.4 Å². The maximum Gasteiger partial charge on any atom is 0.276 e. The molecule has 1 amide bonds. The van der Waals surface area contributed by atoms with Gasteiger partial charge in [-0.2, -0.15) is 10.2 Å². The molecule has 3 aromatic rings. The minimum Gasteiger partial charge on any atom is -0.318 e. The first-order valence-electron chi connectivity index (χ1n) is 10.7. The van der Waals surface area contributed by atoms with Crippen molar-refractivity contribution in [2.24, 2.45) is 11.3 Å². The molecule has 2 N–H and O–H groups in total. The number of nitrogens with zero attached hydrogens (tertiary/aromatic N) is 4. The van der Waals surface area contributed by atoms with E-state index in [2.05, 4.69) is 39.4 Å². The number of rotatable bonds is 5. The lowest BCUT2D eigenvalue weighted by Gasteiger charge is -2.33. The lowest BCUT2D eigenvalue weighted by molar-refractivity contribution is 0.102. The third kappa shape index (κ3) is 3.94. The van der Waals surface area contributed by atoms with Crippen LogP contribution in [0.5, 0.6) is 0 Å². The highest BCUT2D eigenvalue weighted by Gasteiger charge is 2.41. The Bertz CT molecular complexity index is 1250. The van der Waals surface area contributed by atoms with Crippen LogP contribution < -0.4 is 5.32 Å². The molecule has 0 aromatic carbocycles. The number of anilines is 1. The molecule has 0 saturated carbocycles. The number of hydrogen-bond donors (Lipinski definition) is 2. The largest absolute Gasteiger partial charge is 0.318 e. The summed E-state index contributed by atoms with van der Waals surface area (Å²) in [4.78, 5) is 17.1. The number of amides is 1. The fourth-order valence-electron chi connectivity index (χ4n) is 4.76. The third-order valence-corrected chi connectivity index (χ3v) is 8.30. The molecular formula is C22H26N6O3S. The molecule has 9 nitrogen and oxygen atoms in total. The van der Waals surface area contributed by atoms with Gasteiger partial charge in [0, 0.05) is 35.8 Å². The Morgan fingerprint density at radius 2 is 2.12 bits per heavy atom. The van der Waals surface area contributed by atoms with Gasteiger partial charge in [-0.05, 0) is 36.3 Å². The fourth-order valence-corrected chi connectivity index (χ4v) is 6.33. The van der Waals surface area contributed by atoms with E-state index in [0.29, 0.717) is 11.4 Å². The smallest absolute Gasteiger partial charge is 0.276 e. The molecule has 10 heteroatoms. The summed E-state index contributed by atoms with van der Waals surface area (Å²) in [6.07, 6.45) is 9.43. The molecule has 168 valence electrons. The molecule has 0 bridgehead atoms. The van der Waals surface area contributed by atoms with Crippen LogP contribution in [0.2, 0.25) is 0 Å². The molecule has 1 aliphatic carbocycles. The van der Waals surface area contributed by atoms with Gasteiger partial charge >= 0.3 is 0 Å². The molecule has 32 heavy (non-hydrogen) atoms. The monoisotopic (exact) mass is 454 g/mol. The number of hydrogen-bond acceptors (Lipinski definition) is 6. The number of aromatic nitrogens is 5. The molecule has 1 saturated heterocycles. The lowest BCUT2D eigenvalue weighted by Crippen LogP contribution is -2.42. The summed E-state index contributed by atoms with van der Waals surface area (Å²) in [5.41, 5.74) is 4.07. The van der Waals surface area contributed by atoms with Gasteiger partial charge in [0.1, 0.15) is 0 Å². The maximum atomic E-state index is 12.9. The van der Waals surface area contributed by atoms with Gasteiger partial charge in [0.15, 0.2) is 15.5 Å². The van der Waals surface area contributed by atoms with Gasteiger partial charge in [-0.25, -0.2) is 8.42 Å². The van der Waals surface area contributed by atoms with Crippen LogP contribution in [0.1, 0.15) is 53.6 Å². The normalized spacial score (nSPS) is 20.2. The molecule has 5 rings (SSSR count). The number of aromatic amines is 1. The van der Waals surface area contributed by atoms with Gasteiger partial charge in [-0.1, -0.05) is 19.9 Å². The van der Waals surface area contributed by atoms with Crippen LogP contribution >= 0.6 is 0 Å². The topological polar surface area (TPSA) is 123 Å². The van der Waals surface area contributed by atoms with Crippen LogP contribution in [0.4, 0.5) is 5.69 Å². The number of pyridine rings is 1. The second kappa shape index (κ2) is 7.54. The molecular weight excluding hydrogens is 428 g/mol. The minimum atomic E-state index is -2.99. The van der Waals surface area contributed by atoms with Crippen molar-refractivity contribution >= 4 is 21.4 Å². The highest BCUT2D eigenvalue weighted by molar-refractivity contribution is 7.92. The van der Waals surface area contributed by atoms with Crippen molar-refractivity contribution in [3.8, 4) is 0 Å². The summed E-state index contributed by atoms with van der Waals surface area (Å²) in [6.45, 7) is 4.44. The van der Waals surface area contributed by atoms with Crippen LogP contribution in [0.25, 0.3) is 0 Å². The van der Waals surface area contributed by atoms with E-state index in [0.717, 1.165) is 36.1 Å². The molecule has 1 unspecified atom stereocenters. The molecule has 3 aromatic heterocycles. The van der Waals surface area contributed by atoms with Crippen molar-refractivity contribution in [3.05, 3.63) is 59.4 Å². The maximum absolute atomic E-state index is 12.9. The number of carbonyl (C=O) groups is 1. The van der Waals surface area contributed by atoms with E-state index >= 15 is 0 Å². The number of fused-ring (bicyclic) bond motifs is 1. The summed E-state index contributed by atoms with van der Waals surface area (Å²) in [5, 5.41) is 14.6. The molecule has 1 atom stereocenters. The molecule has 1 aliphatic heterocycles. The van der Waals surface area contributed by atoms with Crippen molar-refractivity contribution in [1.82, 2.24) is 25.0 Å². The number of sulfone groups is 1. The quantitative estimate of drug-likeness (QED) is 0.610. The molecule has 1 fully saturated rings. The highest BCUT2D eigenvalue weighted by Crippen LogP contribution is 2.36. The van der Waals surface area contributed by atoms with E-state index in [1.807, 2.05) is 12.1 Å². The van der Waals surface area contributed by atoms with Crippen molar-refractivity contribution in [3.63, 3.8) is 0 Å². The van der Waals surface area contributed by atoms with E-state index in [1.54, 1.807) is 29.5 Å². The van der Waals surface area contributed by atoms with E-state index in [9.17, 15) is 13.2 Å². The van der Waals surface area contributed by atoms with Crippen LogP contribution in [0, 0.1) is 11.3 Å². The second-order valence-electron chi connectivity index (χ2n) is 9.60. The summed E-state index contributed by atoms with van der Waals surface area (Å²) in [6, 6.07) is 3.47. The number of nitrogens with one attached hydrogen (secondary N) is 2. The van der Waals surface area contributed by atoms with Gasteiger partial charge in [-0.15, -0.1) is 0 Å². The SMILES string of the molecule is CC1(C)CCc2c(C(=O)Nc3cnn(C(c4cccnc4)C4CS(=O)(=O)C4)c3)n[nH]c2C1. The van der Waals surface area contributed by atoms with Crippen molar-refractivity contribution in [2.75, 3.05) is 16.8 Å². The number of H-pyrrole nitrogens is 1. The zero-order chi connectivity index (χ0) is 22.5. The third-order valence-electron chi connectivity index (χ3n) is 6.43. The highest BCUT2D eigenvalue weighted by atomic mass is 32.2. The van der Waals surface area contributed by atoms with Gasteiger partial charge in [0.25, 0.3) is 5.91 Å². The van der Waals surface area contributed by atoms with E-state index in [-0.39, 0.29) is 34.8 Å². The molecule has 0 spiro atoms. The van der Waals surface area contributed by atoms with Crippen LogP contribution in [0.3, 0.4) is 0 Å². The Morgan fingerprint density at radius 1 is 1.31 bits per heavy atom. The van der Waals surface area contributed by atoms with Gasteiger partial charge < -0.3 is 5.32 Å². The Balaban J connectivity index is 1.36. The summed E-state index contributed by atoms with van der Waals surface area (Å²) in [5.74, 6) is -0.131. The first-order chi connectivity index (χ1) is 15.2. The lowest BCUT2D eigenvalue weighted by atomic mass is 9.76. The first-order valence-corrected chi connectivity index (χ1v) is 12.5. The summed E-state index contributed by atoms with van der Waals surface area (Å²) in [7, 11) is -2.99. The van der Waals surface area contributed by atoms with Crippen LogP contribution in [-0.4, -0.2) is 50.8 Å². The summed E-state index contributed by atoms with van der Waals surface area (Å²) < 4.78 is 25.3. The Labute approximate surface area is 186 Å². The zero-order valence-corrected chi connectivity index (χ0v) is 18.9. The predicted octanol–water partition coefficient (Wildman–Crippen LogP) is 2.40. The fraction of sp³-hybridized carbons (Fsp3) is 0.455. The average molecular weight is 455 g/mol. The van der Waals surface area contributed by atoms with Crippen molar-refractivity contribution in [1.29, 1.82) is 0 Å². The van der Waals surface area contributed by atoms with Crippen molar-refractivity contribution in [2.45, 2.75) is 39.2 Å². The predicted molar refractivity (Wildman–Crippen MR) is 119 cm³/mol. The molecule has 4 heterocycles. The molecule has 2 aliphatic rings. The van der Waals surface area contributed by atoms with Crippen LogP contribution in [0.15, 0.2) is 36.9 Å². The molecule has 0 radical (unpaired) electrons.